The molecule has 3 heteroatoms. The van der Waals surface area contributed by atoms with E-state index >= 15 is 0 Å². The Morgan fingerprint density at radius 3 is 2.40 bits per heavy atom. The summed E-state index contributed by atoms with van der Waals surface area (Å²) in [6.45, 7) is 5.81. The molecule has 0 saturated heterocycles. The van der Waals surface area contributed by atoms with E-state index in [0.717, 1.165) is 6.07 Å². The van der Waals surface area contributed by atoms with Gasteiger partial charge in [0, 0.05) is 17.2 Å². The molecule has 0 fully saturated rings. The molecule has 0 radical (unpaired) electrons. The third kappa shape index (κ3) is 2.99. The van der Waals surface area contributed by atoms with Crippen LogP contribution in [0.4, 0.5) is 8.78 Å². The molecule has 0 heterocycles. The summed E-state index contributed by atoms with van der Waals surface area (Å²) in [5.74, 6) is -0.776. The first kappa shape index (κ1) is 12.1. The molecule has 0 bridgehead atoms. The Bertz CT molecular complexity index is 345. The van der Waals surface area contributed by atoms with Gasteiger partial charge in [-0.1, -0.05) is 19.9 Å². The van der Waals surface area contributed by atoms with Crippen molar-refractivity contribution in [1.82, 2.24) is 0 Å². The maximum atomic E-state index is 13.5. The second-order valence-corrected chi connectivity index (χ2v) is 4.64. The monoisotopic (exact) mass is 213 g/mol. The Labute approximate surface area is 89.3 Å². The van der Waals surface area contributed by atoms with Gasteiger partial charge in [0.15, 0.2) is 0 Å². The highest BCUT2D eigenvalue weighted by Gasteiger charge is 2.25. The van der Waals surface area contributed by atoms with E-state index in [1.165, 1.54) is 12.1 Å². The van der Waals surface area contributed by atoms with Crippen LogP contribution in [0.15, 0.2) is 18.2 Å². The summed E-state index contributed by atoms with van der Waals surface area (Å²) < 4.78 is 26.2. The SMILES string of the molecule is CC(C)CC(C)(N)c1ccc(F)cc1F. The van der Waals surface area contributed by atoms with Crippen LogP contribution in [-0.2, 0) is 5.54 Å². The number of benzene rings is 1. The molecular formula is C12H17F2N. The van der Waals surface area contributed by atoms with Crippen molar-refractivity contribution in [1.29, 1.82) is 0 Å². The van der Waals surface area contributed by atoms with E-state index in [1.54, 1.807) is 6.92 Å². The molecule has 2 N–H and O–H groups in total. The number of halogens is 2. The lowest BCUT2D eigenvalue weighted by atomic mass is 9.85. The first-order valence-electron chi connectivity index (χ1n) is 5.07. The summed E-state index contributed by atoms with van der Waals surface area (Å²) in [5, 5.41) is 0. The molecule has 1 nitrogen and oxygen atoms in total. The fraction of sp³-hybridized carbons (Fsp3) is 0.500. The zero-order chi connectivity index (χ0) is 11.6. The standard InChI is InChI=1S/C12H17F2N/c1-8(2)7-12(3,15)10-5-4-9(13)6-11(10)14/h4-6,8H,7,15H2,1-3H3. The fourth-order valence-corrected chi connectivity index (χ4v) is 1.91. The van der Waals surface area contributed by atoms with Crippen LogP contribution >= 0.6 is 0 Å². The van der Waals surface area contributed by atoms with E-state index in [1.807, 2.05) is 13.8 Å². The molecule has 0 amide bonds. The molecule has 0 aliphatic rings. The second kappa shape index (κ2) is 4.27. The highest BCUT2D eigenvalue weighted by atomic mass is 19.1. The predicted molar refractivity (Wildman–Crippen MR) is 57.4 cm³/mol. The molecule has 1 rings (SSSR count). The summed E-state index contributed by atoms with van der Waals surface area (Å²) in [7, 11) is 0. The van der Waals surface area contributed by atoms with Crippen molar-refractivity contribution in [2.24, 2.45) is 11.7 Å². The van der Waals surface area contributed by atoms with Crippen molar-refractivity contribution < 1.29 is 8.78 Å². The lowest BCUT2D eigenvalue weighted by molar-refractivity contribution is 0.365. The van der Waals surface area contributed by atoms with Gasteiger partial charge in [-0.3, -0.25) is 0 Å². The zero-order valence-electron chi connectivity index (χ0n) is 9.35. The third-order valence-electron chi connectivity index (χ3n) is 2.38. The smallest absolute Gasteiger partial charge is 0.131 e. The molecule has 1 unspecified atom stereocenters. The molecule has 1 atom stereocenters. The van der Waals surface area contributed by atoms with Crippen LogP contribution in [0.2, 0.25) is 0 Å². The summed E-state index contributed by atoms with van der Waals surface area (Å²) in [6.07, 6.45) is 0.662. The highest BCUT2D eigenvalue weighted by molar-refractivity contribution is 5.25. The van der Waals surface area contributed by atoms with Gasteiger partial charge in [-0.25, -0.2) is 8.78 Å². The highest BCUT2D eigenvalue weighted by Crippen LogP contribution is 2.27. The molecule has 0 aliphatic heterocycles. The van der Waals surface area contributed by atoms with Gasteiger partial charge < -0.3 is 5.73 Å². The maximum absolute atomic E-state index is 13.5. The molecule has 0 saturated carbocycles. The normalized spacial score (nSPS) is 15.4. The molecule has 0 spiro atoms. The van der Waals surface area contributed by atoms with Gasteiger partial charge in [-0.2, -0.15) is 0 Å². The third-order valence-corrected chi connectivity index (χ3v) is 2.38. The average Bonchev–Trinajstić information content (AvgIpc) is 1.99. The Morgan fingerprint density at radius 1 is 1.33 bits per heavy atom. The lowest BCUT2D eigenvalue weighted by Crippen LogP contribution is -2.35. The van der Waals surface area contributed by atoms with Crippen LogP contribution in [-0.4, -0.2) is 0 Å². The molecule has 0 aromatic heterocycles. The van der Waals surface area contributed by atoms with Gasteiger partial charge >= 0.3 is 0 Å². The fourth-order valence-electron chi connectivity index (χ4n) is 1.91. The van der Waals surface area contributed by atoms with Crippen LogP contribution in [0.1, 0.15) is 32.8 Å². The molecular weight excluding hydrogens is 196 g/mol. The van der Waals surface area contributed by atoms with Crippen LogP contribution in [0.3, 0.4) is 0 Å². The summed E-state index contributed by atoms with van der Waals surface area (Å²) in [5.41, 5.74) is 5.66. The van der Waals surface area contributed by atoms with Crippen molar-refractivity contribution in [3.05, 3.63) is 35.4 Å². The van der Waals surface area contributed by atoms with Gasteiger partial charge in [-0.05, 0) is 25.3 Å². The molecule has 1 aromatic rings. The second-order valence-electron chi connectivity index (χ2n) is 4.64. The lowest BCUT2D eigenvalue weighted by Gasteiger charge is -2.27. The van der Waals surface area contributed by atoms with Gasteiger partial charge in [-0.15, -0.1) is 0 Å². The van der Waals surface area contributed by atoms with Gasteiger partial charge in [0.25, 0.3) is 0 Å². The number of rotatable bonds is 3. The van der Waals surface area contributed by atoms with E-state index in [9.17, 15) is 8.78 Å². The van der Waals surface area contributed by atoms with E-state index in [-0.39, 0.29) is 0 Å². The Kier molecular flexibility index (Phi) is 3.45. The Hall–Kier alpha value is -0.960. The Morgan fingerprint density at radius 2 is 1.93 bits per heavy atom. The maximum Gasteiger partial charge on any atom is 0.131 e. The van der Waals surface area contributed by atoms with E-state index < -0.39 is 17.2 Å². The summed E-state index contributed by atoms with van der Waals surface area (Å²) in [6, 6.07) is 3.54. The van der Waals surface area contributed by atoms with Crippen LogP contribution < -0.4 is 5.73 Å². The topological polar surface area (TPSA) is 26.0 Å². The predicted octanol–water partition coefficient (Wildman–Crippen LogP) is 3.18. The molecule has 1 aromatic carbocycles. The Balaban J connectivity index is 3.04. The first-order valence-corrected chi connectivity index (χ1v) is 5.07. The molecule has 15 heavy (non-hydrogen) atoms. The van der Waals surface area contributed by atoms with Gasteiger partial charge in [0.05, 0.1) is 0 Å². The quantitative estimate of drug-likeness (QED) is 0.819. The van der Waals surface area contributed by atoms with Crippen LogP contribution in [0.5, 0.6) is 0 Å². The minimum atomic E-state index is -0.744. The zero-order valence-corrected chi connectivity index (χ0v) is 9.35. The van der Waals surface area contributed by atoms with Crippen molar-refractivity contribution in [2.45, 2.75) is 32.7 Å². The van der Waals surface area contributed by atoms with Crippen molar-refractivity contribution >= 4 is 0 Å². The number of hydrogen-bond donors (Lipinski definition) is 1. The van der Waals surface area contributed by atoms with E-state index in [0.29, 0.717) is 17.9 Å². The van der Waals surface area contributed by atoms with E-state index in [4.69, 9.17) is 5.73 Å². The molecule has 84 valence electrons. The largest absolute Gasteiger partial charge is 0.322 e. The van der Waals surface area contributed by atoms with Gasteiger partial charge in [0.1, 0.15) is 11.6 Å². The molecule has 0 aliphatic carbocycles. The van der Waals surface area contributed by atoms with Crippen LogP contribution in [0.25, 0.3) is 0 Å². The summed E-state index contributed by atoms with van der Waals surface area (Å²) >= 11 is 0. The van der Waals surface area contributed by atoms with Crippen LogP contribution in [0, 0.1) is 17.6 Å². The number of hydrogen-bond acceptors (Lipinski definition) is 1. The first-order chi connectivity index (χ1) is 6.83. The number of nitrogens with two attached hydrogens (primary N) is 1. The average molecular weight is 213 g/mol. The minimum absolute atomic E-state index is 0.365. The van der Waals surface area contributed by atoms with Crippen molar-refractivity contribution in [3.8, 4) is 0 Å². The minimum Gasteiger partial charge on any atom is -0.322 e. The van der Waals surface area contributed by atoms with Crippen molar-refractivity contribution in [3.63, 3.8) is 0 Å². The summed E-state index contributed by atoms with van der Waals surface area (Å²) in [4.78, 5) is 0. The van der Waals surface area contributed by atoms with Crippen molar-refractivity contribution in [2.75, 3.05) is 0 Å². The van der Waals surface area contributed by atoms with E-state index in [2.05, 4.69) is 0 Å². The van der Waals surface area contributed by atoms with Gasteiger partial charge in [0.2, 0.25) is 0 Å².